The molecule has 1 aliphatic carbocycles. The van der Waals surface area contributed by atoms with Gasteiger partial charge in [-0.25, -0.2) is 4.39 Å². The van der Waals surface area contributed by atoms with Gasteiger partial charge in [-0.2, -0.15) is 0 Å². The van der Waals surface area contributed by atoms with Crippen molar-refractivity contribution < 1.29 is 9.18 Å². The smallest absolute Gasteiger partial charge is 0.160 e. The fraction of sp³-hybridized carbons (Fsp3) is 0.500. The molecule has 0 radical (unpaired) electrons. The normalized spacial score (nSPS) is 21.6. The minimum Gasteiger partial charge on any atom is -0.361 e. The SMILES string of the molecule is CCC(C)(C)[C@H]1CCC(=O)/C(=C/Nc2ccc(F)cc2)C1. The van der Waals surface area contributed by atoms with Gasteiger partial charge >= 0.3 is 0 Å². The van der Waals surface area contributed by atoms with E-state index in [1.54, 1.807) is 18.3 Å². The van der Waals surface area contributed by atoms with Gasteiger partial charge in [-0.3, -0.25) is 4.79 Å². The number of rotatable bonds is 4. The zero-order chi connectivity index (χ0) is 15.5. The predicted molar refractivity (Wildman–Crippen MR) is 84.5 cm³/mol. The van der Waals surface area contributed by atoms with Crippen molar-refractivity contribution in [1.29, 1.82) is 0 Å². The van der Waals surface area contributed by atoms with Crippen LogP contribution in [0.5, 0.6) is 0 Å². The highest BCUT2D eigenvalue weighted by Gasteiger charge is 2.33. The molecule has 0 spiro atoms. The van der Waals surface area contributed by atoms with Crippen molar-refractivity contribution in [3.63, 3.8) is 0 Å². The Morgan fingerprint density at radius 2 is 2.00 bits per heavy atom. The molecule has 1 atom stereocenters. The van der Waals surface area contributed by atoms with Gasteiger partial charge in [-0.05, 0) is 48.4 Å². The van der Waals surface area contributed by atoms with Gasteiger partial charge in [0.2, 0.25) is 0 Å². The molecule has 1 saturated carbocycles. The summed E-state index contributed by atoms with van der Waals surface area (Å²) in [5, 5.41) is 3.11. The summed E-state index contributed by atoms with van der Waals surface area (Å²) in [7, 11) is 0. The molecule has 114 valence electrons. The Kier molecular flexibility index (Phi) is 4.81. The van der Waals surface area contributed by atoms with Crippen LogP contribution in [0, 0.1) is 17.2 Å². The lowest BCUT2D eigenvalue weighted by atomic mass is 9.68. The van der Waals surface area contributed by atoms with Gasteiger partial charge in [0.25, 0.3) is 0 Å². The lowest BCUT2D eigenvalue weighted by molar-refractivity contribution is -0.117. The van der Waals surface area contributed by atoms with Crippen LogP contribution >= 0.6 is 0 Å². The molecule has 0 heterocycles. The van der Waals surface area contributed by atoms with Crippen molar-refractivity contribution >= 4 is 11.5 Å². The van der Waals surface area contributed by atoms with Crippen molar-refractivity contribution in [3.8, 4) is 0 Å². The summed E-state index contributed by atoms with van der Waals surface area (Å²) in [5.41, 5.74) is 1.92. The standard InChI is InChI=1S/C18H24FNO/c1-4-18(2,3)14-5-10-17(21)13(11-14)12-20-16-8-6-15(19)7-9-16/h6-9,12,14,20H,4-5,10-11H2,1-3H3/b13-12+/t14-/m0/s1. The molecule has 1 aromatic carbocycles. The van der Waals surface area contributed by atoms with E-state index in [1.165, 1.54) is 12.1 Å². The van der Waals surface area contributed by atoms with E-state index in [-0.39, 0.29) is 17.0 Å². The molecule has 21 heavy (non-hydrogen) atoms. The molecular formula is C18H24FNO. The second kappa shape index (κ2) is 6.42. The molecular weight excluding hydrogens is 265 g/mol. The van der Waals surface area contributed by atoms with E-state index in [4.69, 9.17) is 0 Å². The first kappa shape index (κ1) is 15.7. The molecule has 0 unspecified atom stereocenters. The van der Waals surface area contributed by atoms with Crippen molar-refractivity contribution in [2.45, 2.75) is 46.5 Å². The first-order valence-corrected chi connectivity index (χ1v) is 7.66. The summed E-state index contributed by atoms with van der Waals surface area (Å²) < 4.78 is 12.9. The molecule has 1 aliphatic rings. The highest BCUT2D eigenvalue weighted by molar-refractivity contribution is 5.96. The average molecular weight is 289 g/mol. The number of nitrogens with one attached hydrogen (secondary N) is 1. The zero-order valence-electron chi connectivity index (χ0n) is 13.1. The summed E-state index contributed by atoms with van der Waals surface area (Å²) in [6.07, 6.45) is 5.35. The lowest BCUT2D eigenvalue weighted by Crippen LogP contribution is -2.29. The van der Waals surface area contributed by atoms with Gasteiger partial charge in [0.1, 0.15) is 5.82 Å². The van der Waals surface area contributed by atoms with E-state index in [0.717, 1.165) is 30.5 Å². The van der Waals surface area contributed by atoms with Crippen LogP contribution in [0.15, 0.2) is 36.0 Å². The number of halogens is 1. The third-order valence-electron chi connectivity index (χ3n) is 4.82. The number of hydrogen-bond donors (Lipinski definition) is 1. The first-order valence-electron chi connectivity index (χ1n) is 7.66. The summed E-state index contributed by atoms with van der Waals surface area (Å²) >= 11 is 0. The van der Waals surface area contributed by atoms with Crippen LogP contribution in [0.4, 0.5) is 10.1 Å². The highest BCUT2D eigenvalue weighted by atomic mass is 19.1. The van der Waals surface area contributed by atoms with Crippen molar-refractivity contribution in [3.05, 3.63) is 41.9 Å². The van der Waals surface area contributed by atoms with Crippen LogP contribution in [0.1, 0.15) is 46.5 Å². The number of allylic oxidation sites excluding steroid dienone is 1. The summed E-state index contributed by atoms with van der Waals surface area (Å²) in [6, 6.07) is 6.17. The Labute approximate surface area is 126 Å². The van der Waals surface area contributed by atoms with Gasteiger partial charge in [-0.1, -0.05) is 27.2 Å². The Bertz CT molecular complexity index is 531. The zero-order valence-corrected chi connectivity index (χ0v) is 13.1. The van der Waals surface area contributed by atoms with Gasteiger partial charge in [0.05, 0.1) is 0 Å². The second-order valence-electron chi connectivity index (χ2n) is 6.53. The van der Waals surface area contributed by atoms with E-state index < -0.39 is 0 Å². The Balaban J connectivity index is 2.07. The second-order valence-corrected chi connectivity index (χ2v) is 6.53. The minimum absolute atomic E-state index is 0.229. The molecule has 3 heteroatoms. The van der Waals surface area contributed by atoms with Gasteiger partial charge in [-0.15, -0.1) is 0 Å². The fourth-order valence-corrected chi connectivity index (χ4v) is 2.76. The first-order chi connectivity index (χ1) is 9.92. The number of anilines is 1. The molecule has 1 aromatic rings. The molecule has 0 bridgehead atoms. The maximum absolute atomic E-state index is 12.9. The number of carbonyl (C=O) groups excluding carboxylic acids is 1. The van der Waals surface area contributed by atoms with E-state index in [9.17, 15) is 9.18 Å². The maximum Gasteiger partial charge on any atom is 0.160 e. The maximum atomic E-state index is 12.9. The predicted octanol–water partition coefficient (Wildman–Crippen LogP) is 4.93. The summed E-state index contributed by atoms with van der Waals surface area (Å²) in [6.45, 7) is 6.76. The number of Topliss-reactive ketones (excluding diaryl/α,β-unsaturated/α-hetero) is 1. The van der Waals surface area contributed by atoms with Crippen LogP contribution in [0.25, 0.3) is 0 Å². The van der Waals surface area contributed by atoms with Gasteiger partial charge in [0, 0.05) is 23.9 Å². The molecule has 2 rings (SSSR count). The largest absolute Gasteiger partial charge is 0.361 e. The van der Waals surface area contributed by atoms with Crippen LogP contribution in [0.3, 0.4) is 0 Å². The average Bonchev–Trinajstić information content (AvgIpc) is 2.48. The van der Waals surface area contributed by atoms with E-state index in [2.05, 4.69) is 26.1 Å². The van der Waals surface area contributed by atoms with Crippen LogP contribution in [-0.4, -0.2) is 5.78 Å². The van der Waals surface area contributed by atoms with Crippen molar-refractivity contribution in [2.24, 2.45) is 11.3 Å². The van der Waals surface area contributed by atoms with E-state index >= 15 is 0 Å². The molecule has 2 nitrogen and oxygen atoms in total. The number of carbonyl (C=O) groups is 1. The molecule has 1 N–H and O–H groups in total. The summed E-state index contributed by atoms with van der Waals surface area (Å²) in [5.74, 6) is 0.515. The highest BCUT2D eigenvalue weighted by Crippen LogP contribution is 2.41. The molecule has 0 aromatic heterocycles. The molecule has 0 saturated heterocycles. The molecule has 0 amide bonds. The lowest BCUT2D eigenvalue weighted by Gasteiger charge is -2.36. The topological polar surface area (TPSA) is 29.1 Å². The van der Waals surface area contributed by atoms with Crippen LogP contribution in [-0.2, 0) is 4.79 Å². The van der Waals surface area contributed by atoms with Crippen LogP contribution < -0.4 is 5.32 Å². The Morgan fingerprint density at radius 3 is 2.62 bits per heavy atom. The molecule has 1 fully saturated rings. The minimum atomic E-state index is -0.258. The van der Waals surface area contributed by atoms with Crippen molar-refractivity contribution in [2.75, 3.05) is 5.32 Å². The van der Waals surface area contributed by atoms with E-state index in [0.29, 0.717) is 12.3 Å². The monoisotopic (exact) mass is 289 g/mol. The van der Waals surface area contributed by atoms with Gasteiger partial charge in [0.15, 0.2) is 5.78 Å². The van der Waals surface area contributed by atoms with Crippen molar-refractivity contribution in [1.82, 2.24) is 0 Å². The van der Waals surface area contributed by atoms with E-state index in [1.807, 2.05) is 0 Å². The summed E-state index contributed by atoms with van der Waals surface area (Å²) in [4.78, 5) is 12.1. The quantitative estimate of drug-likeness (QED) is 0.796. The van der Waals surface area contributed by atoms with Gasteiger partial charge < -0.3 is 5.32 Å². The number of hydrogen-bond acceptors (Lipinski definition) is 2. The van der Waals surface area contributed by atoms with Crippen LogP contribution in [0.2, 0.25) is 0 Å². The number of ketones is 1. The Morgan fingerprint density at radius 1 is 1.33 bits per heavy atom. The third-order valence-corrected chi connectivity index (χ3v) is 4.82. The Hall–Kier alpha value is -1.64. The fourth-order valence-electron chi connectivity index (χ4n) is 2.76. The number of benzene rings is 1. The molecule has 0 aliphatic heterocycles. The third kappa shape index (κ3) is 3.93.